The molecule has 5 rings (SSSR count). The first-order chi connectivity index (χ1) is 14.2. The van der Waals surface area contributed by atoms with Crippen LogP contribution < -0.4 is 5.56 Å². The summed E-state index contributed by atoms with van der Waals surface area (Å²) in [6, 6.07) is 0.653. The lowest BCUT2D eigenvalue weighted by atomic mass is 9.97. The van der Waals surface area contributed by atoms with Crippen LogP contribution in [0.3, 0.4) is 0 Å². The van der Waals surface area contributed by atoms with Crippen molar-refractivity contribution >= 4 is 27.5 Å². The van der Waals surface area contributed by atoms with Gasteiger partial charge in [-0.3, -0.25) is 14.2 Å². The van der Waals surface area contributed by atoms with Gasteiger partial charge < -0.3 is 9.80 Å². The predicted molar refractivity (Wildman–Crippen MR) is 116 cm³/mol. The minimum Gasteiger partial charge on any atom is -0.343 e. The molecule has 0 unspecified atom stereocenters. The van der Waals surface area contributed by atoms with Crippen LogP contribution in [0.5, 0.6) is 0 Å². The van der Waals surface area contributed by atoms with E-state index >= 15 is 0 Å². The summed E-state index contributed by atoms with van der Waals surface area (Å²) in [7, 11) is 0. The number of nitrogens with zero attached hydrogens (tertiary/aromatic N) is 4. The van der Waals surface area contributed by atoms with Crippen molar-refractivity contribution in [2.75, 3.05) is 26.2 Å². The average molecular weight is 415 g/mol. The molecule has 0 radical (unpaired) electrons. The summed E-state index contributed by atoms with van der Waals surface area (Å²) >= 11 is 1.68. The SMILES string of the molecule is O=C(CCn1cnc2sc3c(c2c1=O)CCCC3)N1CCC(N2CCCC2)CC1. The number of aromatic nitrogens is 2. The molecule has 0 N–H and O–H groups in total. The normalized spacial score (nSPS) is 21.0. The molecule has 0 spiro atoms. The maximum absolute atomic E-state index is 13.0. The van der Waals surface area contributed by atoms with E-state index in [9.17, 15) is 9.59 Å². The zero-order chi connectivity index (χ0) is 19.8. The Morgan fingerprint density at radius 1 is 1.07 bits per heavy atom. The standard InChI is InChI=1S/C22H30N4O2S/c27-19(25-12-7-16(8-13-25)24-10-3-4-11-24)9-14-26-15-23-21-20(22(26)28)17-5-1-2-6-18(17)29-21/h15-16H,1-14H2. The van der Waals surface area contributed by atoms with E-state index in [0.29, 0.717) is 19.0 Å². The van der Waals surface area contributed by atoms with Gasteiger partial charge in [-0.15, -0.1) is 11.3 Å². The molecular formula is C22H30N4O2S. The van der Waals surface area contributed by atoms with Crippen LogP contribution in [0.15, 0.2) is 11.1 Å². The van der Waals surface area contributed by atoms with Crippen LogP contribution in [0, 0.1) is 0 Å². The maximum Gasteiger partial charge on any atom is 0.262 e. The summed E-state index contributed by atoms with van der Waals surface area (Å²) in [5.41, 5.74) is 1.26. The average Bonchev–Trinajstić information content (AvgIpc) is 3.41. The molecule has 4 heterocycles. The highest BCUT2D eigenvalue weighted by Gasteiger charge is 2.28. The van der Waals surface area contributed by atoms with Crippen molar-refractivity contribution in [3.8, 4) is 0 Å². The Balaban J connectivity index is 1.22. The van der Waals surface area contributed by atoms with Crippen LogP contribution in [0.25, 0.3) is 10.2 Å². The first kappa shape index (κ1) is 19.2. The van der Waals surface area contributed by atoms with Gasteiger partial charge in [0.15, 0.2) is 0 Å². The molecule has 0 saturated carbocycles. The minimum atomic E-state index is 0.0370. The summed E-state index contributed by atoms with van der Waals surface area (Å²) in [5.74, 6) is 0.171. The number of aryl methyl sites for hydroxylation is 3. The third-order valence-corrected chi connectivity index (χ3v) is 8.18. The summed E-state index contributed by atoms with van der Waals surface area (Å²) in [6.07, 6.45) is 11.2. The Hall–Kier alpha value is -1.73. The lowest BCUT2D eigenvalue weighted by Crippen LogP contribution is -2.46. The fraction of sp³-hybridized carbons (Fsp3) is 0.682. The number of likely N-dealkylation sites (tertiary alicyclic amines) is 2. The fourth-order valence-electron chi connectivity index (χ4n) is 5.30. The molecule has 1 aliphatic carbocycles. The number of rotatable bonds is 4. The Labute approximate surface area is 175 Å². The number of thiophene rings is 1. The van der Waals surface area contributed by atoms with E-state index in [0.717, 1.165) is 55.4 Å². The van der Waals surface area contributed by atoms with Gasteiger partial charge in [0.05, 0.1) is 11.7 Å². The molecule has 29 heavy (non-hydrogen) atoms. The highest BCUT2D eigenvalue weighted by atomic mass is 32.1. The molecule has 0 bridgehead atoms. The van der Waals surface area contributed by atoms with Crippen molar-refractivity contribution < 1.29 is 4.79 Å². The molecule has 2 aromatic rings. The van der Waals surface area contributed by atoms with Crippen LogP contribution in [0.1, 0.15) is 55.4 Å². The van der Waals surface area contributed by atoms with Crippen LogP contribution in [0.2, 0.25) is 0 Å². The Morgan fingerprint density at radius 2 is 1.83 bits per heavy atom. The molecule has 0 aromatic carbocycles. The first-order valence-electron chi connectivity index (χ1n) is 11.2. The Morgan fingerprint density at radius 3 is 2.62 bits per heavy atom. The molecule has 7 heteroatoms. The van der Waals surface area contributed by atoms with Crippen molar-refractivity contribution in [1.29, 1.82) is 0 Å². The lowest BCUT2D eigenvalue weighted by molar-refractivity contribution is -0.133. The van der Waals surface area contributed by atoms with E-state index < -0.39 is 0 Å². The van der Waals surface area contributed by atoms with Gasteiger partial charge in [-0.1, -0.05) is 0 Å². The van der Waals surface area contributed by atoms with Gasteiger partial charge in [0.1, 0.15) is 4.83 Å². The second kappa shape index (κ2) is 8.19. The van der Waals surface area contributed by atoms with E-state index in [1.165, 1.54) is 42.8 Å². The highest BCUT2D eigenvalue weighted by Crippen LogP contribution is 2.33. The second-order valence-electron chi connectivity index (χ2n) is 8.74. The van der Waals surface area contributed by atoms with Crippen molar-refractivity contribution in [3.05, 3.63) is 27.1 Å². The van der Waals surface area contributed by atoms with Gasteiger partial charge in [-0.2, -0.15) is 0 Å². The van der Waals surface area contributed by atoms with Crippen molar-refractivity contribution in [3.63, 3.8) is 0 Å². The minimum absolute atomic E-state index is 0.0370. The Kier molecular flexibility index (Phi) is 5.43. The summed E-state index contributed by atoms with van der Waals surface area (Å²) < 4.78 is 1.65. The van der Waals surface area contributed by atoms with Gasteiger partial charge in [-0.05, 0) is 70.0 Å². The molecule has 2 fully saturated rings. The van der Waals surface area contributed by atoms with Crippen molar-refractivity contribution in [2.45, 2.75) is 70.4 Å². The van der Waals surface area contributed by atoms with Gasteiger partial charge in [-0.25, -0.2) is 4.98 Å². The number of piperidine rings is 1. The molecule has 1 amide bonds. The van der Waals surface area contributed by atoms with Crippen LogP contribution >= 0.6 is 11.3 Å². The zero-order valence-electron chi connectivity index (χ0n) is 17.1. The summed E-state index contributed by atoms with van der Waals surface area (Å²) in [6.45, 7) is 4.58. The van der Waals surface area contributed by atoms with E-state index in [1.54, 1.807) is 22.2 Å². The monoisotopic (exact) mass is 414 g/mol. The number of amides is 1. The van der Waals surface area contributed by atoms with Gasteiger partial charge in [0.25, 0.3) is 5.56 Å². The Bertz CT molecular complexity index is 952. The molecule has 2 aromatic heterocycles. The van der Waals surface area contributed by atoms with Crippen LogP contribution in [0.4, 0.5) is 0 Å². The highest BCUT2D eigenvalue weighted by molar-refractivity contribution is 7.18. The molecular weight excluding hydrogens is 384 g/mol. The largest absolute Gasteiger partial charge is 0.343 e. The summed E-state index contributed by atoms with van der Waals surface area (Å²) in [5, 5.41) is 0.811. The van der Waals surface area contributed by atoms with Crippen molar-refractivity contribution in [1.82, 2.24) is 19.4 Å². The molecule has 3 aliphatic rings. The fourth-order valence-corrected chi connectivity index (χ4v) is 6.52. The number of hydrogen-bond acceptors (Lipinski definition) is 5. The van der Waals surface area contributed by atoms with Gasteiger partial charge in [0.2, 0.25) is 5.91 Å². The van der Waals surface area contributed by atoms with E-state index in [4.69, 9.17) is 0 Å². The molecule has 2 aliphatic heterocycles. The van der Waals surface area contributed by atoms with Gasteiger partial charge >= 0.3 is 0 Å². The number of fused-ring (bicyclic) bond motifs is 3. The van der Waals surface area contributed by atoms with Crippen LogP contribution in [-0.2, 0) is 24.2 Å². The number of carbonyl (C=O) groups excluding carboxylic acids is 1. The molecule has 2 saturated heterocycles. The van der Waals surface area contributed by atoms with E-state index in [2.05, 4.69) is 9.88 Å². The smallest absolute Gasteiger partial charge is 0.262 e. The topological polar surface area (TPSA) is 58.4 Å². The second-order valence-corrected chi connectivity index (χ2v) is 9.82. The lowest BCUT2D eigenvalue weighted by Gasteiger charge is -2.36. The van der Waals surface area contributed by atoms with Crippen molar-refractivity contribution in [2.24, 2.45) is 0 Å². The molecule has 156 valence electrons. The molecule has 6 nitrogen and oxygen atoms in total. The van der Waals surface area contributed by atoms with Gasteiger partial charge in [0, 0.05) is 37.0 Å². The number of hydrogen-bond donors (Lipinski definition) is 0. The third-order valence-electron chi connectivity index (χ3n) is 6.98. The number of carbonyl (C=O) groups is 1. The van der Waals surface area contributed by atoms with E-state index in [-0.39, 0.29) is 11.5 Å². The zero-order valence-corrected chi connectivity index (χ0v) is 17.9. The first-order valence-corrected chi connectivity index (χ1v) is 12.0. The molecule has 0 atom stereocenters. The quantitative estimate of drug-likeness (QED) is 0.772. The van der Waals surface area contributed by atoms with E-state index in [1.807, 2.05) is 4.90 Å². The van der Waals surface area contributed by atoms with Crippen LogP contribution in [-0.4, -0.2) is 57.5 Å². The third kappa shape index (κ3) is 3.75. The summed E-state index contributed by atoms with van der Waals surface area (Å²) in [4.78, 5) is 37.1. The predicted octanol–water partition coefficient (Wildman–Crippen LogP) is 2.81. The maximum atomic E-state index is 13.0.